The van der Waals surface area contributed by atoms with Gasteiger partial charge in [0.05, 0.1) is 24.2 Å². The zero-order valence-corrected chi connectivity index (χ0v) is 15.5. The van der Waals surface area contributed by atoms with Crippen LogP contribution in [0, 0.1) is 0 Å². The number of aromatic nitrogens is 6. The summed E-state index contributed by atoms with van der Waals surface area (Å²) in [6, 6.07) is 0.307. The van der Waals surface area contributed by atoms with Crippen LogP contribution < -0.4 is 10.1 Å². The predicted molar refractivity (Wildman–Crippen MR) is 99.7 cm³/mol. The minimum atomic E-state index is 0.307. The second-order valence-electron chi connectivity index (χ2n) is 6.80. The van der Waals surface area contributed by atoms with Gasteiger partial charge < -0.3 is 14.8 Å². The van der Waals surface area contributed by atoms with Crippen molar-refractivity contribution in [2.24, 2.45) is 0 Å². The molecule has 9 nitrogen and oxygen atoms in total. The van der Waals surface area contributed by atoms with Crippen molar-refractivity contribution >= 4 is 34.3 Å². The molecule has 0 aromatic carbocycles. The molecule has 2 bridgehead atoms. The number of halogens is 1. The molecule has 5 heterocycles. The summed E-state index contributed by atoms with van der Waals surface area (Å²) < 4.78 is 15.3. The van der Waals surface area contributed by atoms with E-state index in [0.29, 0.717) is 41.8 Å². The highest BCUT2D eigenvalue weighted by atomic mass is 35.5. The molecule has 1 N–H and O–H groups in total. The molecule has 0 amide bonds. The fourth-order valence-electron chi connectivity index (χ4n) is 3.55. The minimum absolute atomic E-state index is 0.307. The molecule has 1 atom stereocenters. The summed E-state index contributed by atoms with van der Waals surface area (Å²) >= 11 is 6.20. The van der Waals surface area contributed by atoms with E-state index in [2.05, 4.69) is 25.5 Å². The first-order chi connectivity index (χ1) is 13.3. The highest BCUT2D eigenvalue weighted by molar-refractivity contribution is 6.34. The van der Waals surface area contributed by atoms with E-state index < -0.39 is 0 Å². The van der Waals surface area contributed by atoms with E-state index in [4.69, 9.17) is 21.1 Å². The van der Waals surface area contributed by atoms with Crippen molar-refractivity contribution in [2.75, 3.05) is 25.1 Å². The molecule has 0 saturated carbocycles. The monoisotopic (exact) mass is 389 g/mol. The van der Waals surface area contributed by atoms with E-state index in [-0.39, 0.29) is 0 Å². The number of anilines is 2. The molecule has 2 aliphatic heterocycles. The van der Waals surface area contributed by atoms with Crippen molar-refractivity contribution in [3.8, 4) is 5.88 Å². The molecule has 0 radical (unpaired) electrons. The molecule has 1 saturated heterocycles. The van der Waals surface area contributed by atoms with Gasteiger partial charge in [0.15, 0.2) is 10.8 Å². The fraction of sp³-hybridized carbons (Fsp3) is 0.529. The van der Waals surface area contributed by atoms with E-state index in [1.54, 1.807) is 10.9 Å². The Balaban J connectivity index is 1.51. The van der Waals surface area contributed by atoms with Crippen LogP contribution in [0.5, 0.6) is 5.88 Å². The maximum absolute atomic E-state index is 6.20. The second-order valence-corrected chi connectivity index (χ2v) is 7.15. The summed E-state index contributed by atoms with van der Waals surface area (Å²) in [5.74, 6) is 1.04. The van der Waals surface area contributed by atoms with Gasteiger partial charge in [-0.3, -0.25) is 4.68 Å². The highest BCUT2D eigenvalue weighted by Crippen LogP contribution is 2.31. The topological polar surface area (TPSA) is 91.9 Å². The standard InChI is InChI=1S/C17H20ClN7O2/c18-14-12-9-19-17-20-13-10-25(11-3-1-6-26-8-4-11)23-16(13)27-7-2-5-24(22-14)15(12)21-17/h9-11H,1-8H2,(H,19,20,21). The van der Waals surface area contributed by atoms with Gasteiger partial charge in [-0.1, -0.05) is 11.6 Å². The van der Waals surface area contributed by atoms with Crippen LogP contribution in [0.4, 0.5) is 11.6 Å². The Bertz CT molecular complexity index is 962. The normalized spacial score (nSPS) is 20.4. The third-order valence-electron chi connectivity index (χ3n) is 4.94. The zero-order valence-electron chi connectivity index (χ0n) is 14.8. The van der Waals surface area contributed by atoms with Gasteiger partial charge in [0.2, 0.25) is 5.95 Å². The Kier molecular flexibility index (Phi) is 4.33. The molecule has 5 rings (SSSR count). The van der Waals surface area contributed by atoms with Crippen molar-refractivity contribution in [1.82, 2.24) is 29.5 Å². The number of nitrogens with zero attached hydrogens (tertiary/aromatic N) is 6. The number of hydrogen-bond acceptors (Lipinski definition) is 7. The molecule has 2 aliphatic rings. The van der Waals surface area contributed by atoms with Crippen molar-refractivity contribution in [3.05, 3.63) is 17.5 Å². The lowest BCUT2D eigenvalue weighted by Gasteiger charge is -2.13. The number of ether oxygens (including phenoxy) is 2. The molecule has 3 aromatic rings. The molecular weight excluding hydrogens is 370 g/mol. The highest BCUT2D eigenvalue weighted by Gasteiger charge is 2.21. The quantitative estimate of drug-likeness (QED) is 0.684. The fourth-order valence-corrected chi connectivity index (χ4v) is 3.77. The Labute approximate surface area is 160 Å². The lowest BCUT2D eigenvalue weighted by atomic mass is 10.1. The molecule has 27 heavy (non-hydrogen) atoms. The molecule has 1 unspecified atom stereocenters. The maximum Gasteiger partial charge on any atom is 0.256 e. The number of rotatable bonds is 1. The average molecular weight is 390 g/mol. The van der Waals surface area contributed by atoms with Crippen molar-refractivity contribution in [3.63, 3.8) is 0 Å². The molecule has 3 aromatic heterocycles. The molecule has 0 spiro atoms. The molecular formula is C17H20ClN7O2. The minimum Gasteiger partial charge on any atom is -0.475 e. The number of hydrogen-bond donors (Lipinski definition) is 1. The summed E-state index contributed by atoms with van der Waals surface area (Å²) in [6.07, 6.45) is 7.47. The number of fused-ring (bicyclic) bond motifs is 2. The SMILES string of the molecule is Clc1nn2c3nc(ncc13)Nc1cn(C3CCCOCC3)nc1OCCC2. The Morgan fingerprint density at radius 1 is 1.15 bits per heavy atom. The van der Waals surface area contributed by atoms with Crippen molar-refractivity contribution < 1.29 is 9.47 Å². The number of aryl methyl sites for hydroxylation is 1. The van der Waals surface area contributed by atoms with Gasteiger partial charge in [0.25, 0.3) is 5.88 Å². The summed E-state index contributed by atoms with van der Waals surface area (Å²) in [6.45, 7) is 2.77. The van der Waals surface area contributed by atoms with E-state index >= 15 is 0 Å². The van der Waals surface area contributed by atoms with E-state index in [9.17, 15) is 0 Å². The van der Waals surface area contributed by atoms with E-state index in [1.807, 2.05) is 10.9 Å². The van der Waals surface area contributed by atoms with E-state index in [0.717, 1.165) is 50.0 Å². The predicted octanol–water partition coefficient (Wildman–Crippen LogP) is 2.94. The lowest BCUT2D eigenvalue weighted by molar-refractivity contribution is 0.141. The van der Waals surface area contributed by atoms with Crippen LogP contribution >= 0.6 is 11.6 Å². The average Bonchev–Trinajstić information content (AvgIpc) is 3.06. The first kappa shape index (κ1) is 16.8. The first-order valence-corrected chi connectivity index (χ1v) is 9.61. The van der Waals surface area contributed by atoms with Gasteiger partial charge in [-0.15, -0.1) is 5.10 Å². The lowest BCUT2D eigenvalue weighted by Crippen LogP contribution is -2.11. The van der Waals surface area contributed by atoms with Gasteiger partial charge in [-0.25, -0.2) is 9.67 Å². The van der Waals surface area contributed by atoms with Crippen LogP contribution in [-0.2, 0) is 11.3 Å². The van der Waals surface area contributed by atoms with Gasteiger partial charge in [0.1, 0.15) is 5.69 Å². The summed E-state index contributed by atoms with van der Waals surface area (Å²) in [7, 11) is 0. The third kappa shape index (κ3) is 3.21. The van der Waals surface area contributed by atoms with Gasteiger partial charge >= 0.3 is 0 Å². The van der Waals surface area contributed by atoms with Crippen LogP contribution in [0.3, 0.4) is 0 Å². The molecule has 1 fully saturated rings. The smallest absolute Gasteiger partial charge is 0.256 e. The second kappa shape index (κ2) is 6.97. The van der Waals surface area contributed by atoms with Crippen LogP contribution in [-0.4, -0.2) is 49.3 Å². The largest absolute Gasteiger partial charge is 0.475 e. The molecule has 10 heteroatoms. The maximum atomic E-state index is 6.20. The zero-order chi connectivity index (χ0) is 18.2. The summed E-state index contributed by atoms with van der Waals surface area (Å²) in [5.41, 5.74) is 1.48. The number of nitrogens with one attached hydrogen (secondary N) is 1. The molecule has 0 aliphatic carbocycles. The Morgan fingerprint density at radius 3 is 3.07 bits per heavy atom. The Morgan fingerprint density at radius 2 is 2.11 bits per heavy atom. The summed E-state index contributed by atoms with van der Waals surface area (Å²) in [4.78, 5) is 8.97. The van der Waals surface area contributed by atoms with Crippen LogP contribution in [0.2, 0.25) is 5.15 Å². The molecule has 142 valence electrons. The van der Waals surface area contributed by atoms with Crippen molar-refractivity contribution in [2.45, 2.75) is 38.3 Å². The van der Waals surface area contributed by atoms with Gasteiger partial charge in [-0.2, -0.15) is 10.1 Å². The van der Waals surface area contributed by atoms with Crippen LogP contribution in [0.1, 0.15) is 31.7 Å². The van der Waals surface area contributed by atoms with Crippen LogP contribution in [0.25, 0.3) is 11.0 Å². The summed E-state index contributed by atoms with van der Waals surface area (Å²) in [5, 5.41) is 13.4. The first-order valence-electron chi connectivity index (χ1n) is 9.24. The van der Waals surface area contributed by atoms with Crippen LogP contribution in [0.15, 0.2) is 12.4 Å². The van der Waals surface area contributed by atoms with Crippen molar-refractivity contribution in [1.29, 1.82) is 0 Å². The van der Waals surface area contributed by atoms with Gasteiger partial charge in [0, 0.05) is 32.4 Å². The Hall–Kier alpha value is -2.39. The van der Waals surface area contributed by atoms with Gasteiger partial charge in [-0.05, 0) is 19.3 Å². The van der Waals surface area contributed by atoms with E-state index in [1.165, 1.54) is 0 Å². The third-order valence-corrected chi connectivity index (χ3v) is 5.22.